The van der Waals surface area contributed by atoms with Crippen molar-refractivity contribution in [3.8, 4) is 0 Å². The topological polar surface area (TPSA) is 24.1 Å². The molecule has 3 rings (SSSR count). The average Bonchev–Trinajstić information content (AvgIpc) is 3.01. The molecular formula is C15H19FN2S. The van der Waals surface area contributed by atoms with Gasteiger partial charge in [-0.3, -0.25) is 0 Å². The molecule has 19 heavy (non-hydrogen) atoms. The average molecular weight is 278 g/mol. The van der Waals surface area contributed by atoms with E-state index in [2.05, 4.69) is 10.6 Å². The summed E-state index contributed by atoms with van der Waals surface area (Å²) in [6.45, 7) is 0.918. The predicted molar refractivity (Wildman–Crippen MR) is 79.6 cm³/mol. The molecule has 2 saturated carbocycles. The number of benzene rings is 1. The summed E-state index contributed by atoms with van der Waals surface area (Å²) in [5.74, 6) is 2.31. The lowest BCUT2D eigenvalue weighted by Crippen LogP contribution is -2.34. The molecule has 1 aromatic rings. The highest BCUT2D eigenvalue weighted by Gasteiger charge is 2.39. The Morgan fingerprint density at radius 1 is 1.26 bits per heavy atom. The number of anilines is 1. The van der Waals surface area contributed by atoms with Crippen molar-refractivity contribution in [1.82, 2.24) is 5.32 Å². The van der Waals surface area contributed by atoms with Gasteiger partial charge in [0.15, 0.2) is 5.11 Å². The van der Waals surface area contributed by atoms with Gasteiger partial charge < -0.3 is 10.6 Å². The van der Waals surface area contributed by atoms with Crippen LogP contribution in [0.3, 0.4) is 0 Å². The Labute approximate surface area is 118 Å². The van der Waals surface area contributed by atoms with Gasteiger partial charge in [0.05, 0.1) is 5.69 Å². The standard InChI is InChI=1S/C15H19FN2S/c16-13-3-1-2-4-14(13)18-15(19)17-9-12-8-10-5-6-11(12)7-10/h1-4,10-12H,5-9H2,(H2,17,18,19)/t10-,11+,12-/m0/s1. The van der Waals surface area contributed by atoms with Crippen LogP contribution in [0.15, 0.2) is 24.3 Å². The minimum absolute atomic E-state index is 0.272. The van der Waals surface area contributed by atoms with Crippen LogP contribution in [0.5, 0.6) is 0 Å². The fourth-order valence-electron chi connectivity index (χ4n) is 3.58. The van der Waals surface area contributed by atoms with Gasteiger partial charge in [0.2, 0.25) is 0 Å². The summed E-state index contributed by atoms with van der Waals surface area (Å²) in [5.41, 5.74) is 0.438. The van der Waals surface area contributed by atoms with E-state index < -0.39 is 0 Å². The largest absolute Gasteiger partial charge is 0.362 e. The third kappa shape index (κ3) is 2.89. The molecule has 0 unspecified atom stereocenters. The Hall–Kier alpha value is -1.16. The minimum atomic E-state index is -0.272. The summed E-state index contributed by atoms with van der Waals surface area (Å²) >= 11 is 5.23. The van der Waals surface area contributed by atoms with Crippen LogP contribution in [0.2, 0.25) is 0 Å². The first-order valence-corrected chi connectivity index (χ1v) is 7.42. The molecule has 0 saturated heterocycles. The van der Waals surface area contributed by atoms with E-state index >= 15 is 0 Å². The molecule has 0 aliphatic heterocycles. The maximum absolute atomic E-state index is 13.5. The molecule has 2 fully saturated rings. The zero-order valence-corrected chi connectivity index (χ0v) is 11.7. The van der Waals surface area contributed by atoms with Gasteiger partial charge in [-0.1, -0.05) is 18.6 Å². The molecule has 4 heteroatoms. The van der Waals surface area contributed by atoms with Crippen LogP contribution in [0.4, 0.5) is 10.1 Å². The Bertz CT molecular complexity index is 477. The van der Waals surface area contributed by atoms with Crippen molar-refractivity contribution in [2.45, 2.75) is 25.7 Å². The van der Waals surface area contributed by atoms with E-state index in [1.54, 1.807) is 18.2 Å². The molecular weight excluding hydrogens is 259 g/mol. The van der Waals surface area contributed by atoms with Crippen molar-refractivity contribution in [3.05, 3.63) is 30.1 Å². The molecule has 2 bridgehead atoms. The molecule has 2 nitrogen and oxygen atoms in total. The number of para-hydroxylation sites is 1. The van der Waals surface area contributed by atoms with Gasteiger partial charge in [-0.25, -0.2) is 4.39 Å². The zero-order valence-electron chi connectivity index (χ0n) is 10.9. The monoisotopic (exact) mass is 278 g/mol. The van der Waals surface area contributed by atoms with Crippen molar-refractivity contribution in [2.75, 3.05) is 11.9 Å². The van der Waals surface area contributed by atoms with Crippen molar-refractivity contribution in [3.63, 3.8) is 0 Å². The van der Waals surface area contributed by atoms with E-state index in [4.69, 9.17) is 12.2 Å². The summed E-state index contributed by atoms with van der Waals surface area (Å²) in [7, 11) is 0. The normalized spacial score (nSPS) is 28.4. The van der Waals surface area contributed by atoms with E-state index in [-0.39, 0.29) is 5.82 Å². The van der Waals surface area contributed by atoms with Gasteiger partial charge in [-0.15, -0.1) is 0 Å². The number of halogens is 1. The number of rotatable bonds is 3. The number of hydrogen-bond acceptors (Lipinski definition) is 1. The van der Waals surface area contributed by atoms with Crippen LogP contribution in [0.25, 0.3) is 0 Å². The Morgan fingerprint density at radius 2 is 2.11 bits per heavy atom. The summed E-state index contributed by atoms with van der Waals surface area (Å²) in [6, 6.07) is 6.60. The van der Waals surface area contributed by atoms with Crippen molar-refractivity contribution in [2.24, 2.45) is 17.8 Å². The van der Waals surface area contributed by atoms with Crippen molar-refractivity contribution < 1.29 is 4.39 Å². The first kappa shape index (κ1) is 12.9. The zero-order chi connectivity index (χ0) is 13.2. The van der Waals surface area contributed by atoms with Gasteiger partial charge in [-0.05, 0) is 61.4 Å². The highest BCUT2D eigenvalue weighted by molar-refractivity contribution is 7.80. The second-order valence-electron chi connectivity index (χ2n) is 5.75. The smallest absolute Gasteiger partial charge is 0.170 e. The van der Waals surface area contributed by atoms with Crippen LogP contribution >= 0.6 is 12.2 Å². The second kappa shape index (κ2) is 5.45. The number of fused-ring (bicyclic) bond motifs is 2. The first-order chi connectivity index (χ1) is 9.22. The van der Waals surface area contributed by atoms with E-state index in [0.717, 1.165) is 24.3 Å². The number of hydrogen-bond donors (Lipinski definition) is 2. The summed E-state index contributed by atoms with van der Waals surface area (Å²) in [4.78, 5) is 0. The third-order valence-corrected chi connectivity index (χ3v) is 4.78. The minimum Gasteiger partial charge on any atom is -0.362 e. The molecule has 2 N–H and O–H groups in total. The molecule has 2 aliphatic rings. The summed E-state index contributed by atoms with van der Waals surface area (Å²) in [5, 5.41) is 6.68. The van der Waals surface area contributed by atoms with Gasteiger partial charge in [0, 0.05) is 6.54 Å². The molecule has 2 aliphatic carbocycles. The molecule has 0 amide bonds. The Balaban J connectivity index is 1.48. The highest BCUT2D eigenvalue weighted by atomic mass is 32.1. The fraction of sp³-hybridized carbons (Fsp3) is 0.533. The SMILES string of the molecule is Fc1ccccc1NC(=S)NC[C@@H]1C[C@H]2CC[C@@H]1C2. The van der Waals surface area contributed by atoms with E-state index in [9.17, 15) is 4.39 Å². The van der Waals surface area contributed by atoms with Gasteiger partial charge in [0.25, 0.3) is 0 Å². The summed E-state index contributed by atoms with van der Waals surface area (Å²) in [6.07, 6.45) is 5.53. The number of thiocarbonyl (C=S) groups is 1. The van der Waals surface area contributed by atoms with Crippen LogP contribution < -0.4 is 10.6 Å². The summed E-state index contributed by atoms with van der Waals surface area (Å²) < 4.78 is 13.5. The lowest BCUT2D eigenvalue weighted by Gasteiger charge is -2.22. The van der Waals surface area contributed by atoms with Crippen LogP contribution in [0, 0.1) is 23.6 Å². The Morgan fingerprint density at radius 3 is 2.79 bits per heavy atom. The lowest BCUT2D eigenvalue weighted by atomic mass is 9.89. The lowest BCUT2D eigenvalue weighted by molar-refractivity contribution is 0.332. The molecule has 102 valence electrons. The first-order valence-electron chi connectivity index (χ1n) is 7.02. The molecule has 0 radical (unpaired) electrons. The highest BCUT2D eigenvalue weighted by Crippen LogP contribution is 2.47. The van der Waals surface area contributed by atoms with Gasteiger partial charge in [0.1, 0.15) is 5.82 Å². The van der Waals surface area contributed by atoms with E-state index in [1.165, 1.54) is 31.7 Å². The van der Waals surface area contributed by atoms with Crippen LogP contribution in [-0.2, 0) is 0 Å². The maximum atomic E-state index is 13.5. The quantitative estimate of drug-likeness (QED) is 0.827. The molecule has 0 heterocycles. The Kier molecular flexibility index (Phi) is 3.69. The van der Waals surface area contributed by atoms with E-state index in [1.807, 2.05) is 0 Å². The second-order valence-corrected chi connectivity index (χ2v) is 6.16. The predicted octanol–water partition coefficient (Wildman–Crippen LogP) is 3.55. The fourth-order valence-corrected chi connectivity index (χ4v) is 3.77. The molecule has 0 spiro atoms. The van der Waals surface area contributed by atoms with Crippen LogP contribution in [0.1, 0.15) is 25.7 Å². The van der Waals surface area contributed by atoms with E-state index in [0.29, 0.717) is 10.8 Å². The van der Waals surface area contributed by atoms with Gasteiger partial charge in [-0.2, -0.15) is 0 Å². The third-order valence-electron chi connectivity index (χ3n) is 4.53. The molecule has 1 aromatic carbocycles. The van der Waals surface area contributed by atoms with Crippen molar-refractivity contribution in [1.29, 1.82) is 0 Å². The molecule has 0 aromatic heterocycles. The van der Waals surface area contributed by atoms with Crippen LogP contribution in [-0.4, -0.2) is 11.7 Å². The number of nitrogens with one attached hydrogen (secondary N) is 2. The molecule has 3 atom stereocenters. The maximum Gasteiger partial charge on any atom is 0.170 e. The van der Waals surface area contributed by atoms with Crippen molar-refractivity contribution >= 4 is 23.0 Å². The van der Waals surface area contributed by atoms with Gasteiger partial charge >= 0.3 is 0 Å².